The highest BCUT2D eigenvalue weighted by atomic mass is 16.5. The fraction of sp³-hybridized carbons (Fsp3) is 0.938. The normalized spacial score (nSPS) is 28.9. The van der Waals surface area contributed by atoms with Crippen molar-refractivity contribution >= 4 is 5.97 Å². The van der Waals surface area contributed by atoms with Crippen molar-refractivity contribution in [3.63, 3.8) is 0 Å². The molecule has 3 unspecified atom stereocenters. The molecule has 1 aliphatic carbocycles. The summed E-state index contributed by atoms with van der Waals surface area (Å²) in [6.07, 6.45) is 5.99. The summed E-state index contributed by atoms with van der Waals surface area (Å²) < 4.78 is 11.0. The SMILES string of the molecule is CCOC(=O)C(C)(CCCN1CCOC2CCCC21)NC. The molecule has 1 heterocycles. The Morgan fingerprint density at radius 3 is 3.00 bits per heavy atom. The Bertz CT molecular complexity index is 350. The third-order valence-corrected chi connectivity index (χ3v) is 5.00. The number of morpholine rings is 1. The van der Waals surface area contributed by atoms with Crippen LogP contribution in [0.3, 0.4) is 0 Å². The predicted molar refractivity (Wildman–Crippen MR) is 82.3 cm³/mol. The maximum atomic E-state index is 12.0. The summed E-state index contributed by atoms with van der Waals surface area (Å²) >= 11 is 0. The van der Waals surface area contributed by atoms with Crippen molar-refractivity contribution in [3.05, 3.63) is 0 Å². The van der Waals surface area contributed by atoms with Gasteiger partial charge < -0.3 is 14.8 Å². The lowest BCUT2D eigenvalue weighted by Gasteiger charge is -2.38. The number of fused-ring (bicyclic) bond motifs is 1. The van der Waals surface area contributed by atoms with Crippen molar-refractivity contribution in [2.75, 3.05) is 33.4 Å². The molecule has 0 bridgehead atoms. The molecule has 2 rings (SSSR count). The molecule has 1 N–H and O–H groups in total. The Morgan fingerprint density at radius 2 is 2.29 bits per heavy atom. The standard InChI is InChI=1S/C16H30N2O3/c1-4-20-15(19)16(2,17-3)9-6-10-18-11-12-21-14-8-5-7-13(14)18/h13-14,17H,4-12H2,1-3H3. The minimum Gasteiger partial charge on any atom is -0.465 e. The third-order valence-electron chi connectivity index (χ3n) is 5.00. The number of hydrogen-bond donors (Lipinski definition) is 1. The molecule has 0 spiro atoms. The number of ether oxygens (including phenoxy) is 2. The highest BCUT2D eigenvalue weighted by Gasteiger charge is 2.37. The average Bonchev–Trinajstić information content (AvgIpc) is 2.96. The largest absolute Gasteiger partial charge is 0.465 e. The molecule has 0 aromatic rings. The molecule has 2 aliphatic rings. The van der Waals surface area contributed by atoms with Crippen LogP contribution in [0.2, 0.25) is 0 Å². The molecule has 21 heavy (non-hydrogen) atoms. The molecule has 5 nitrogen and oxygen atoms in total. The van der Waals surface area contributed by atoms with Crippen LogP contribution in [0.25, 0.3) is 0 Å². The second-order valence-corrected chi connectivity index (χ2v) is 6.35. The maximum Gasteiger partial charge on any atom is 0.326 e. The molecule has 0 aromatic heterocycles. The van der Waals surface area contributed by atoms with Crippen LogP contribution in [0.5, 0.6) is 0 Å². The molecule has 0 radical (unpaired) electrons. The predicted octanol–water partition coefficient (Wildman–Crippen LogP) is 1.56. The zero-order valence-electron chi connectivity index (χ0n) is 13.7. The molecule has 3 atom stereocenters. The van der Waals surface area contributed by atoms with Gasteiger partial charge in [0.15, 0.2) is 0 Å². The number of hydrogen-bond acceptors (Lipinski definition) is 5. The molecule has 5 heteroatoms. The molecule has 122 valence electrons. The summed E-state index contributed by atoms with van der Waals surface area (Å²) in [6, 6.07) is 0.599. The summed E-state index contributed by atoms with van der Waals surface area (Å²) in [5, 5.41) is 3.13. The highest BCUT2D eigenvalue weighted by molar-refractivity contribution is 5.80. The zero-order chi connectivity index (χ0) is 15.3. The molecular weight excluding hydrogens is 268 g/mol. The average molecular weight is 298 g/mol. The van der Waals surface area contributed by atoms with E-state index in [1.54, 1.807) is 0 Å². The number of esters is 1. The molecule has 1 aliphatic heterocycles. The van der Waals surface area contributed by atoms with E-state index in [2.05, 4.69) is 10.2 Å². The van der Waals surface area contributed by atoms with Crippen LogP contribution in [-0.4, -0.2) is 61.9 Å². The van der Waals surface area contributed by atoms with Gasteiger partial charge in [-0.1, -0.05) is 0 Å². The van der Waals surface area contributed by atoms with Crippen molar-refractivity contribution in [1.29, 1.82) is 0 Å². The van der Waals surface area contributed by atoms with Gasteiger partial charge in [0.05, 0.1) is 19.3 Å². The van der Waals surface area contributed by atoms with E-state index >= 15 is 0 Å². The zero-order valence-corrected chi connectivity index (χ0v) is 13.7. The van der Waals surface area contributed by atoms with Gasteiger partial charge in [-0.3, -0.25) is 9.69 Å². The van der Waals surface area contributed by atoms with Crippen molar-refractivity contribution in [2.24, 2.45) is 0 Å². The maximum absolute atomic E-state index is 12.0. The first-order chi connectivity index (χ1) is 10.1. The van der Waals surface area contributed by atoms with Gasteiger partial charge >= 0.3 is 5.97 Å². The van der Waals surface area contributed by atoms with Gasteiger partial charge in [-0.2, -0.15) is 0 Å². The summed E-state index contributed by atoms with van der Waals surface area (Å²) in [5.41, 5.74) is -0.572. The Hall–Kier alpha value is -0.650. The lowest BCUT2D eigenvalue weighted by atomic mass is 9.95. The second kappa shape index (κ2) is 7.56. The topological polar surface area (TPSA) is 50.8 Å². The monoisotopic (exact) mass is 298 g/mol. The first-order valence-electron chi connectivity index (χ1n) is 8.32. The third kappa shape index (κ3) is 3.96. The number of likely N-dealkylation sites (N-methyl/N-ethyl adjacent to an activating group) is 1. The van der Waals surface area contributed by atoms with Crippen molar-refractivity contribution < 1.29 is 14.3 Å². The summed E-state index contributed by atoms with van der Waals surface area (Å²) in [4.78, 5) is 14.6. The van der Waals surface area contributed by atoms with E-state index < -0.39 is 5.54 Å². The molecular formula is C16H30N2O3. The first-order valence-corrected chi connectivity index (χ1v) is 8.32. The van der Waals surface area contributed by atoms with Crippen LogP contribution in [0.1, 0.15) is 46.0 Å². The van der Waals surface area contributed by atoms with E-state index in [1.165, 1.54) is 19.3 Å². The van der Waals surface area contributed by atoms with Gasteiger partial charge in [-0.05, 0) is 59.5 Å². The van der Waals surface area contributed by atoms with E-state index in [4.69, 9.17) is 9.47 Å². The van der Waals surface area contributed by atoms with Gasteiger partial charge in [-0.15, -0.1) is 0 Å². The Balaban J connectivity index is 1.80. The number of nitrogens with zero attached hydrogens (tertiary/aromatic N) is 1. The smallest absolute Gasteiger partial charge is 0.326 e. The summed E-state index contributed by atoms with van der Waals surface area (Å²) in [7, 11) is 1.83. The molecule has 0 amide bonds. The van der Waals surface area contributed by atoms with Crippen LogP contribution >= 0.6 is 0 Å². The number of carbonyl (C=O) groups excluding carboxylic acids is 1. The highest BCUT2D eigenvalue weighted by Crippen LogP contribution is 2.30. The minimum absolute atomic E-state index is 0.145. The fourth-order valence-corrected chi connectivity index (χ4v) is 3.54. The minimum atomic E-state index is -0.572. The quantitative estimate of drug-likeness (QED) is 0.723. The van der Waals surface area contributed by atoms with E-state index in [0.717, 1.165) is 32.5 Å². The first kappa shape index (κ1) is 16.7. The Labute approximate surface area is 128 Å². The summed E-state index contributed by atoms with van der Waals surface area (Å²) in [5.74, 6) is -0.145. The Kier molecular flexibility index (Phi) is 6.02. The number of rotatable bonds is 7. The van der Waals surface area contributed by atoms with Crippen molar-refractivity contribution in [1.82, 2.24) is 10.2 Å². The van der Waals surface area contributed by atoms with Gasteiger partial charge in [-0.25, -0.2) is 0 Å². The van der Waals surface area contributed by atoms with Crippen LogP contribution in [-0.2, 0) is 14.3 Å². The Morgan fingerprint density at radius 1 is 1.48 bits per heavy atom. The van der Waals surface area contributed by atoms with Gasteiger partial charge in [0.2, 0.25) is 0 Å². The van der Waals surface area contributed by atoms with E-state index in [9.17, 15) is 4.79 Å². The molecule has 1 saturated carbocycles. The van der Waals surface area contributed by atoms with E-state index in [0.29, 0.717) is 18.8 Å². The van der Waals surface area contributed by atoms with Crippen molar-refractivity contribution in [3.8, 4) is 0 Å². The van der Waals surface area contributed by atoms with Crippen molar-refractivity contribution in [2.45, 2.75) is 63.6 Å². The van der Waals surface area contributed by atoms with Gasteiger partial charge in [0.25, 0.3) is 0 Å². The fourth-order valence-electron chi connectivity index (χ4n) is 3.54. The summed E-state index contributed by atoms with van der Waals surface area (Å²) in [6.45, 7) is 7.13. The number of carbonyl (C=O) groups is 1. The van der Waals surface area contributed by atoms with Crippen LogP contribution in [0.15, 0.2) is 0 Å². The lowest BCUT2D eigenvalue weighted by molar-refractivity contribution is -0.150. The van der Waals surface area contributed by atoms with E-state index in [-0.39, 0.29) is 5.97 Å². The second-order valence-electron chi connectivity index (χ2n) is 6.35. The molecule has 2 fully saturated rings. The molecule has 0 aromatic carbocycles. The van der Waals surface area contributed by atoms with Crippen LogP contribution < -0.4 is 5.32 Å². The van der Waals surface area contributed by atoms with Gasteiger partial charge in [0, 0.05) is 12.6 Å². The van der Waals surface area contributed by atoms with E-state index in [1.807, 2.05) is 20.9 Å². The lowest BCUT2D eigenvalue weighted by Crippen LogP contribution is -2.51. The van der Waals surface area contributed by atoms with Crippen LogP contribution in [0.4, 0.5) is 0 Å². The number of nitrogens with one attached hydrogen (secondary N) is 1. The van der Waals surface area contributed by atoms with Crippen LogP contribution in [0, 0.1) is 0 Å². The molecule has 1 saturated heterocycles. The van der Waals surface area contributed by atoms with Gasteiger partial charge in [0.1, 0.15) is 5.54 Å².